The Kier molecular flexibility index (Phi) is 6.13. The number of hydrogen-bond acceptors (Lipinski definition) is 7. The molecule has 5 N–H and O–H groups in total. The molecule has 0 spiro atoms. The second-order valence-corrected chi connectivity index (χ2v) is 11.1. The predicted molar refractivity (Wildman–Crippen MR) is 124 cm³/mol. The Bertz CT molecular complexity index is 982. The highest BCUT2D eigenvalue weighted by Crippen LogP contribution is 2.32. The molecular weight excluding hydrogens is 412 g/mol. The maximum Gasteiger partial charge on any atom is 0.211 e. The first-order chi connectivity index (χ1) is 14.7. The highest BCUT2D eigenvalue weighted by atomic mass is 32.2. The van der Waals surface area contributed by atoms with Gasteiger partial charge >= 0.3 is 0 Å². The van der Waals surface area contributed by atoms with Crippen molar-refractivity contribution in [1.82, 2.24) is 20.3 Å². The van der Waals surface area contributed by atoms with Crippen LogP contribution in [0.5, 0.6) is 0 Å². The fraction of sp³-hybridized carbons (Fsp3) is 0.591. The smallest absolute Gasteiger partial charge is 0.211 e. The summed E-state index contributed by atoms with van der Waals surface area (Å²) in [5.41, 5.74) is 10.3. The molecule has 0 bridgehead atoms. The normalized spacial score (nSPS) is 27.5. The number of benzene rings is 1. The summed E-state index contributed by atoms with van der Waals surface area (Å²) >= 11 is 0. The molecule has 170 valence electrons. The van der Waals surface area contributed by atoms with Gasteiger partial charge < -0.3 is 16.0 Å². The molecule has 3 aliphatic rings. The first-order valence-electron chi connectivity index (χ1n) is 11.1. The summed E-state index contributed by atoms with van der Waals surface area (Å²) in [6.07, 6.45) is 7.48. The maximum atomic E-state index is 11.7. The van der Waals surface area contributed by atoms with Crippen molar-refractivity contribution in [2.45, 2.75) is 51.0 Å². The highest BCUT2D eigenvalue weighted by molar-refractivity contribution is 7.88. The van der Waals surface area contributed by atoms with Crippen LogP contribution in [0.4, 0.5) is 0 Å². The lowest BCUT2D eigenvalue weighted by atomic mass is 9.86. The number of nitrogens with one attached hydrogen (secondary N) is 3. The Balaban J connectivity index is 1.51. The molecule has 2 atom stereocenters. The number of nitrogens with two attached hydrogens (primary N) is 1. The average molecular weight is 447 g/mol. The molecule has 2 unspecified atom stereocenters. The van der Waals surface area contributed by atoms with Crippen molar-refractivity contribution in [2.75, 3.05) is 25.9 Å². The number of aliphatic imine (C=N–C) groups is 1. The number of sulfonamides is 1. The molecule has 0 aromatic heterocycles. The Hall–Kier alpha value is -1.94. The molecule has 1 aromatic rings. The van der Waals surface area contributed by atoms with Gasteiger partial charge in [0, 0.05) is 36.9 Å². The van der Waals surface area contributed by atoms with E-state index in [1.807, 2.05) is 12.3 Å². The van der Waals surface area contributed by atoms with E-state index in [0.717, 1.165) is 37.2 Å². The predicted octanol–water partition coefficient (Wildman–Crippen LogP) is 1.13. The third-order valence-electron chi connectivity index (χ3n) is 6.46. The largest absolute Gasteiger partial charge is 0.367 e. The first-order valence-corrected chi connectivity index (χ1v) is 12.9. The molecule has 3 heterocycles. The standard InChI is InChI=1S/C22H34N6O2S/c1-15(2)21-19-14-17(5-4-16(19)6-10-24-21)22(23)25-11-7-20(27-22)26-18-8-12-28(13-9-18)31(3,29)30/h4-5,7,11,14-15,18,21,24-25H,6,8-10,12-13,23H2,1-3H3,(H,26,27). The summed E-state index contributed by atoms with van der Waals surface area (Å²) in [5.74, 6) is 0.162. The number of nitrogens with zero attached hydrogens (tertiary/aromatic N) is 2. The SMILES string of the molecule is CC(C)C1NCCc2ccc(C3(N)N=C(NC4CCN(S(C)(=O)=O)CC4)C=CN3)cc21. The third-order valence-corrected chi connectivity index (χ3v) is 7.77. The fourth-order valence-corrected chi connectivity index (χ4v) is 5.57. The lowest BCUT2D eigenvalue weighted by molar-refractivity contribution is 0.307. The van der Waals surface area contributed by atoms with Crippen LogP contribution in [0.1, 0.15) is 49.4 Å². The van der Waals surface area contributed by atoms with E-state index in [1.54, 1.807) is 0 Å². The third kappa shape index (κ3) is 4.79. The van der Waals surface area contributed by atoms with Crippen molar-refractivity contribution in [3.8, 4) is 0 Å². The Morgan fingerprint density at radius 1 is 1.29 bits per heavy atom. The minimum atomic E-state index is -3.13. The van der Waals surface area contributed by atoms with Gasteiger partial charge in [0.25, 0.3) is 0 Å². The second kappa shape index (κ2) is 8.54. The molecule has 1 aromatic carbocycles. The fourth-order valence-electron chi connectivity index (χ4n) is 4.69. The van der Waals surface area contributed by atoms with Gasteiger partial charge in [0.15, 0.2) is 0 Å². The molecule has 3 aliphatic heterocycles. The van der Waals surface area contributed by atoms with Gasteiger partial charge in [-0.05, 0) is 55.0 Å². The van der Waals surface area contributed by atoms with Crippen LogP contribution in [0.15, 0.2) is 35.5 Å². The van der Waals surface area contributed by atoms with Gasteiger partial charge in [0.05, 0.1) is 6.26 Å². The quantitative estimate of drug-likeness (QED) is 0.552. The van der Waals surface area contributed by atoms with Crippen LogP contribution in [0.3, 0.4) is 0 Å². The molecule has 9 heteroatoms. The van der Waals surface area contributed by atoms with Crippen molar-refractivity contribution in [3.05, 3.63) is 47.2 Å². The van der Waals surface area contributed by atoms with Gasteiger partial charge in [-0.15, -0.1) is 0 Å². The van der Waals surface area contributed by atoms with Gasteiger partial charge in [-0.2, -0.15) is 0 Å². The van der Waals surface area contributed by atoms with E-state index < -0.39 is 15.8 Å². The molecular formula is C22H34N6O2S. The Morgan fingerprint density at radius 2 is 2.03 bits per heavy atom. The van der Waals surface area contributed by atoms with Crippen LogP contribution in [0.2, 0.25) is 0 Å². The zero-order valence-corrected chi connectivity index (χ0v) is 19.4. The summed E-state index contributed by atoms with van der Waals surface area (Å²) in [6, 6.07) is 6.91. The van der Waals surface area contributed by atoms with Crippen molar-refractivity contribution >= 4 is 15.9 Å². The van der Waals surface area contributed by atoms with Gasteiger partial charge in [-0.25, -0.2) is 17.7 Å². The Labute approximate surface area is 185 Å². The van der Waals surface area contributed by atoms with Gasteiger partial charge in [-0.3, -0.25) is 5.73 Å². The number of amidine groups is 1. The van der Waals surface area contributed by atoms with Crippen LogP contribution in [0, 0.1) is 5.92 Å². The summed E-state index contributed by atoms with van der Waals surface area (Å²) in [4.78, 5) is 4.80. The number of piperidine rings is 1. The Morgan fingerprint density at radius 3 is 2.71 bits per heavy atom. The number of rotatable bonds is 4. The van der Waals surface area contributed by atoms with E-state index in [1.165, 1.54) is 21.7 Å². The van der Waals surface area contributed by atoms with Crippen LogP contribution in [-0.2, 0) is 22.2 Å². The van der Waals surface area contributed by atoms with Crippen molar-refractivity contribution in [1.29, 1.82) is 0 Å². The van der Waals surface area contributed by atoms with Crippen molar-refractivity contribution in [2.24, 2.45) is 16.6 Å². The van der Waals surface area contributed by atoms with Crippen LogP contribution in [-0.4, -0.2) is 50.5 Å². The summed E-state index contributed by atoms with van der Waals surface area (Å²) in [6.45, 7) is 6.50. The second-order valence-electron chi connectivity index (χ2n) is 9.16. The van der Waals surface area contributed by atoms with Crippen LogP contribution in [0.25, 0.3) is 0 Å². The average Bonchev–Trinajstić information content (AvgIpc) is 2.72. The highest BCUT2D eigenvalue weighted by Gasteiger charge is 2.32. The monoisotopic (exact) mass is 446 g/mol. The minimum Gasteiger partial charge on any atom is -0.367 e. The van der Waals surface area contributed by atoms with E-state index in [4.69, 9.17) is 10.7 Å². The molecule has 1 saturated heterocycles. The molecule has 1 fully saturated rings. The van der Waals surface area contributed by atoms with Gasteiger partial charge in [0.2, 0.25) is 15.8 Å². The van der Waals surface area contributed by atoms with Gasteiger partial charge in [0.1, 0.15) is 5.84 Å². The summed E-state index contributed by atoms with van der Waals surface area (Å²) < 4.78 is 25.0. The maximum absolute atomic E-state index is 11.7. The van der Waals surface area contributed by atoms with E-state index in [0.29, 0.717) is 25.0 Å². The van der Waals surface area contributed by atoms with E-state index in [-0.39, 0.29) is 6.04 Å². The molecule has 4 rings (SSSR count). The van der Waals surface area contributed by atoms with Crippen molar-refractivity contribution < 1.29 is 8.42 Å². The zero-order valence-electron chi connectivity index (χ0n) is 18.6. The topological polar surface area (TPSA) is 112 Å². The van der Waals surface area contributed by atoms with E-state index >= 15 is 0 Å². The minimum absolute atomic E-state index is 0.168. The van der Waals surface area contributed by atoms with E-state index in [9.17, 15) is 8.42 Å². The van der Waals surface area contributed by atoms with E-state index in [2.05, 4.69) is 48.0 Å². The zero-order chi connectivity index (χ0) is 22.2. The first kappa shape index (κ1) is 22.3. The molecule has 8 nitrogen and oxygen atoms in total. The lowest BCUT2D eigenvalue weighted by Crippen LogP contribution is -2.52. The van der Waals surface area contributed by atoms with Gasteiger partial charge in [-0.1, -0.05) is 26.0 Å². The number of hydrogen-bond donors (Lipinski definition) is 4. The van der Waals surface area contributed by atoms with Crippen LogP contribution < -0.4 is 21.7 Å². The molecule has 0 amide bonds. The molecule has 31 heavy (non-hydrogen) atoms. The lowest BCUT2D eigenvalue weighted by Gasteiger charge is -2.35. The summed E-state index contributed by atoms with van der Waals surface area (Å²) in [5, 5.41) is 10.3. The molecule has 0 aliphatic carbocycles. The molecule has 0 saturated carbocycles. The van der Waals surface area contributed by atoms with Crippen LogP contribution >= 0.6 is 0 Å². The molecule has 0 radical (unpaired) electrons. The number of fused-ring (bicyclic) bond motifs is 1. The summed E-state index contributed by atoms with van der Waals surface area (Å²) in [7, 11) is -3.13. The van der Waals surface area contributed by atoms with Crippen molar-refractivity contribution in [3.63, 3.8) is 0 Å².